The van der Waals surface area contributed by atoms with E-state index in [9.17, 15) is 14.4 Å². The molecule has 1 heterocycles. The van der Waals surface area contributed by atoms with Gasteiger partial charge in [0.15, 0.2) is 0 Å². The molecule has 1 unspecified atom stereocenters. The second-order valence-electron chi connectivity index (χ2n) is 6.83. The first-order valence-corrected chi connectivity index (χ1v) is 9.61. The molecule has 0 aliphatic rings. The van der Waals surface area contributed by atoms with Crippen LogP contribution < -0.4 is 15.9 Å². The first kappa shape index (κ1) is 20.4. The van der Waals surface area contributed by atoms with E-state index in [0.29, 0.717) is 17.3 Å². The van der Waals surface area contributed by atoms with Crippen LogP contribution in [-0.2, 0) is 11.3 Å². The van der Waals surface area contributed by atoms with E-state index in [1.165, 1.54) is 4.68 Å². The highest BCUT2D eigenvalue weighted by molar-refractivity contribution is 5.80. The summed E-state index contributed by atoms with van der Waals surface area (Å²) in [4.78, 5) is 39.4. The minimum Gasteiger partial charge on any atom is -0.497 e. The Labute approximate surface area is 168 Å². The maximum atomic E-state index is 12.9. The molecule has 1 aromatic heterocycles. The lowest BCUT2D eigenvalue weighted by atomic mass is 10.1. The van der Waals surface area contributed by atoms with E-state index < -0.39 is 0 Å². The molecule has 3 aromatic rings. The number of aromatic amines is 1. The monoisotopic (exact) mass is 395 g/mol. The van der Waals surface area contributed by atoms with Gasteiger partial charge >= 0.3 is 0 Å². The number of carbonyl (C=O) groups excluding carboxylic acids is 1. The van der Waals surface area contributed by atoms with Crippen LogP contribution in [0, 0.1) is 0 Å². The van der Waals surface area contributed by atoms with E-state index >= 15 is 0 Å². The van der Waals surface area contributed by atoms with E-state index in [0.717, 1.165) is 11.3 Å². The third-order valence-corrected chi connectivity index (χ3v) is 5.14. The lowest BCUT2D eigenvalue weighted by molar-refractivity contribution is -0.133. The van der Waals surface area contributed by atoms with Gasteiger partial charge in [-0.2, -0.15) is 0 Å². The van der Waals surface area contributed by atoms with Crippen LogP contribution in [0.4, 0.5) is 0 Å². The molecule has 1 atom stereocenters. The number of hydrogen-bond donors (Lipinski definition) is 1. The van der Waals surface area contributed by atoms with Crippen molar-refractivity contribution in [1.29, 1.82) is 0 Å². The van der Waals surface area contributed by atoms with E-state index in [2.05, 4.69) is 5.10 Å². The van der Waals surface area contributed by atoms with Gasteiger partial charge in [-0.15, -0.1) is 0 Å². The molecule has 2 aromatic carbocycles. The number of aromatic nitrogens is 2. The Bertz CT molecular complexity index is 1130. The van der Waals surface area contributed by atoms with E-state index in [4.69, 9.17) is 4.74 Å². The number of methoxy groups -OCH3 is 1. The summed E-state index contributed by atoms with van der Waals surface area (Å²) in [6, 6.07) is 14.1. The highest BCUT2D eigenvalue weighted by Crippen LogP contribution is 2.24. The molecule has 0 aliphatic heterocycles. The fraction of sp³-hybridized carbons (Fsp3) is 0.318. The summed E-state index contributed by atoms with van der Waals surface area (Å²) >= 11 is 0. The number of H-pyrrole nitrogens is 1. The smallest absolute Gasteiger partial charge is 0.273 e. The fourth-order valence-corrected chi connectivity index (χ4v) is 3.50. The molecule has 29 heavy (non-hydrogen) atoms. The number of rotatable bonds is 7. The predicted octanol–water partition coefficient (Wildman–Crippen LogP) is 2.70. The summed E-state index contributed by atoms with van der Waals surface area (Å²) < 4.78 is 6.48. The van der Waals surface area contributed by atoms with Crippen LogP contribution in [0.5, 0.6) is 5.75 Å². The van der Waals surface area contributed by atoms with Gasteiger partial charge in [-0.25, -0.2) is 4.68 Å². The van der Waals surface area contributed by atoms with Gasteiger partial charge in [0.25, 0.3) is 11.1 Å². The molecule has 152 valence electrons. The summed E-state index contributed by atoms with van der Waals surface area (Å²) in [6.45, 7) is 4.51. The third-order valence-electron chi connectivity index (χ3n) is 5.14. The number of amides is 1. The largest absolute Gasteiger partial charge is 0.497 e. The van der Waals surface area contributed by atoms with Crippen LogP contribution in [0.2, 0.25) is 0 Å². The lowest BCUT2D eigenvalue weighted by Crippen LogP contribution is -2.36. The van der Waals surface area contributed by atoms with Gasteiger partial charge < -0.3 is 9.64 Å². The molecule has 7 nitrogen and oxygen atoms in total. The SMILES string of the molecule is CCN(C(=O)CCn1[nH]c(=O)c2ccccc2c1=O)C(C)c1cccc(OC)c1. The highest BCUT2D eigenvalue weighted by atomic mass is 16.5. The first-order valence-electron chi connectivity index (χ1n) is 9.61. The van der Waals surface area contributed by atoms with Crippen LogP contribution in [0.25, 0.3) is 10.8 Å². The number of benzene rings is 2. The van der Waals surface area contributed by atoms with Crippen molar-refractivity contribution >= 4 is 16.7 Å². The van der Waals surface area contributed by atoms with Crippen molar-refractivity contribution in [1.82, 2.24) is 14.7 Å². The summed E-state index contributed by atoms with van der Waals surface area (Å²) in [5.41, 5.74) is 0.317. The van der Waals surface area contributed by atoms with E-state index in [1.807, 2.05) is 38.1 Å². The zero-order valence-corrected chi connectivity index (χ0v) is 16.8. The van der Waals surface area contributed by atoms with Crippen LogP contribution in [0.15, 0.2) is 58.1 Å². The molecule has 0 radical (unpaired) electrons. The summed E-state index contributed by atoms with van der Waals surface area (Å²) in [5.74, 6) is 0.641. The van der Waals surface area contributed by atoms with Crippen LogP contribution in [0.1, 0.15) is 31.9 Å². The van der Waals surface area contributed by atoms with Crippen molar-refractivity contribution in [2.75, 3.05) is 13.7 Å². The molecule has 1 amide bonds. The van der Waals surface area contributed by atoms with Gasteiger partial charge in [0.05, 0.1) is 30.5 Å². The minimum atomic E-state index is -0.343. The standard InChI is InChI=1S/C22H25N3O4/c1-4-24(15(2)16-8-7-9-17(14-16)29-3)20(26)12-13-25-22(28)19-11-6-5-10-18(19)21(27)23-25/h5-11,14-15H,4,12-13H2,1-3H3,(H,23,27). The average molecular weight is 395 g/mol. The summed E-state index contributed by atoms with van der Waals surface area (Å²) in [5, 5.41) is 3.27. The Hall–Kier alpha value is -3.35. The Kier molecular flexibility index (Phi) is 6.16. The number of fused-ring (bicyclic) bond motifs is 1. The molecule has 0 bridgehead atoms. The maximum Gasteiger partial charge on any atom is 0.273 e. The van der Waals surface area contributed by atoms with Gasteiger partial charge in [0.1, 0.15) is 5.75 Å². The van der Waals surface area contributed by atoms with Gasteiger partial charge in [0.2, 0.25) is 5.91 Å². The van der Waals surface area contributed by atoms with Crippen molar-refractivity contribution < 1.29 is 9.53 Å². The lowest BCUT2D eigenvalue weighted by Gasteiger charge is -2.29. The van der Waals surface area contributed by atoms with Crippen molar-refractivity contribution in [2.24, 2.45) is 0 Å². The molecule has 0 fully saturated rings. The number of ether oxygens (including phenoxy) is 1. The molecule has 0 saturated carbocycles. The number of aryl methyl sites for hydroxylation is 1. The topological polar surface area (TPSA) is 84.4 Å². The third kappa shape index (κ3) is 4.23. The van der Waals surface area contributed by atoms with Gasteiger partial charge in [-0.3, -0.25) is 19.5 Å². The second-order valence-corrected chi connectivity index (χ2v) is 6.83. The van der Waals surface area contributed by atoms with E-state index in [1.54, 1.807) is 36.3 Å². The Balaban J connectivity index is 1.78. The molecule has 0 saturated heterocycles. The van der Waals surface area contributed by atoms with Crippen molar-refractivity contribution in [3.8, 4) is 5.75 Å². The number of nitrogens with one attached hydrogen (secondary N) is 1. The zero-order valence-electron chi connectivity index (χ0n) is 16.8. The van der Waals surface area contributed by atoms with Crippen molar-refractivity contribution in [3.05, 3.63) is 74.8 Å². The number of hydrogen-bond acceptors (Lipinski definition) is 4. The van der Waals surface area contributed by atoms with Gasteiger partial charge in [0, 0.05) is 13.0 Å². The van der Waals surface area contributed by atoms with Crippen LogP contribution in [0.3, 0.4) is 0 Å². The molecular formula is C22H25N3O4. The average Bonchev–Trinajstić information content (AvgIpc) is 2.75. The zero-order chi connectivity index (χ0) is 21.0. The van der Waals surface area contributed by atoms with Gasteiger partial charge in [-0.05, 0) is 43.7 Å². The molecule has 0 aliphatic carbocycles. The van der Waals surface area contributed by atoms with Crippen LogP contribution >= 0.6 is 0 Å². The highest BCUT2D eigenvalue weighted by Gasteiger charge is 2.20. The molecule has 3 rings (SSSR count). The normalized spacial score (nSPS) is 12.0. The molecule has 1 N–H and O–H groups in total. The Morgan fingerprint density at radius 3 is 2.55 bits per heavy atom. The summed E-state index contributed by atoms with van der Waals surface area (Å²) in [7, 11) is 1.61. The number of carbonyl (C=O) groups is 1. The summed E-state index contributed by atoms with van der Waals surface area (Å²) in [6.07, 6.45) is 0.107. The fourth-order valence-electron chi connectivity index (χ4n) is 3.50. The molecule has 0 spiro atoms. The number of nitrogens with zero attached hydrogens (tertiary/aromatic N) is 2. The quantitative estimate of drug-likeness (QED) is 0.667. The second kappa shape index (κ2) is 8.77. The van der Waals surface area contributed by atoms with E-state index in [-0.39, 0.29) is 36.0 Å². The first-order chi connectivity index (χ1) is 14.0. The molecule has 7 heteroatoms. The van der Waals surface area contributed by atoms with Crippen molar-refractivity contribution in [3.63, 3.8) is 0 Å². The maximum absolute atomic E-state index is 12.9. The van der Waals surface area contributed by atoms with Crippen LogP contribution in [-0.4, -0.2) is 34.2 Å². The van der Waals surface area contributed by atoms with Crippen molar-refractivity contribution in [2.45, 2.75) is 32.9 Å². The predicted molar refractivity (Wildman–Crippen MR) is 112 cm³/mol. The minimum absolute atomic E-state index is 0.0938. The Morgan fingerprint density at radius 1 is 1.14 bits per heavy atom. The van der Waals surface area contributed by atoms with Gasteiger partial charge in [-0.1, -0.05) is 24.3 Å². The Morgan fingerprint density at radius 2 is 1.86 bits per heavy atom. The molecular weight excluding hydrogens is 370 g/mol.